The highest BCUT2D eigenvalue weighted by atomic mass is 79.9. The molecular weight excluding hydrogens is 280 g/mol. The number of rotatable bonds is 4. The number of aromatic nitrogens is 1. The van der Waals surface area contributed by atoms with Gasteiger partial charge in [-0.1, -0.05) is 12.8 Å². The second-order valence-electron chi connectivity index (χ2n) is 3.22. The number of pyridine rings is 1. The topological polar surface area (TPSA) is 54.3 Å². The molecule has 1 atom stereocenters. The highest BCUT2D eigenvalue weighted by Gasteiger charge is 2.13. The molecule has 0 aliphatic rings. The molecule has 1 aromatic heterocycles. The van der Waals surface area contributed by atoms with Gasteiger partial charge in [0.1, 0.15) is 0 Å². The van der Waals surface area contributed by atoms with E-state index in [4.69, 9.17) is 5.11 Å². The molecule has 0 saturated carbocycles. The van der Waals surface area contributed by atoms with Crippen LogP contribution in [0.1, 0.15) is 18.0 Å². The fourth-order valence-electron chi connectivity index (χ4n) is 1.30. The summed E-state index contributed by atoms with van der Waals surface area (Å²) in [4.78, 5) is 11.4. The summed E-state index contributed by atoms with van der Waals surface area (Å²) in [5.41, 5.74) is 0.724. The van der Waals surface area contributed by atoms with Crippen LogP contribution in [0.2, 0.25) is 0 Å². The summed E-state index contributed by atoms with van der Waals surface area (Å²) in [6.07, 6.45) is 2.21. The van der Waals surface area contributed by atoms with Crippen molar-refractivity contribution in [1.82, 2.24) is 9.29 Å². The van der Waals surface area contributed by atoms with Gasteiger partial charge in [0, 0.05) is 36.4 Å². The van der Waals surface area contributed by atoms with E-state index in [2.05, 4.69) is 33.5 Å². The predicted molar refractivity (Wildman–Crippen MR) is 65.9 cm³/mol. The molecule has 4 nitrogen and oxygen atoms in total. The van der Waals surface area contributed by atoms with Crippen molar-refractivity contribution in [2.24, 2.45) is 7.05 Å². The Kier molecular flexibility index (Phi) is 4.85. The van der Waals surface area contributed by atoms with Crippen LogP contribution in [0.5, 0.6) is 0 Å². The van der Waals surface area contributed by atoms with Crippen LogP contribution in [-0.4, -0.2) is 16.3 Å². The van der Waals surface area contributed by atoms with Gasteiger partial charge in [0.05, 0.1) is 0 Å². The van der Waals surface area contributed by atoms with E-state index in [-0.39, 0.29) is 18.2 Å². The lowest BCUT2D eigenvalue weighted by atomic mass is 10.1. The van der Waals surface area contributed by atoms with Gasteiger partial charge in [-0.3, -0.25) is 9.52 Å². The first kappa shape index (κ1) is 12.8. The van der Waals surface area contributed by atoms with Crippen molar-refractivity contribution in [2.75, 3.05) is 6.61 Å². The van der Waals surface area contributed by atoms with Gasteiger partial charge in [-0.25, -0.2) is 0 Å². The van der Waals surface area contributed by atoms with Crippen LogP contribution in [0.15, 0.2) is 21.5 Å². The summed E-state index contributed by atoms with van der Waals surface area (Å²) in [7, 11) is 1.69. The second-order valence-corrected chi connectivity index (χ2v) is 4.33. The van der Waals surface area contributed by atoms with Crippen molar-refractivity contribution in [3.05, 3.63) is 32.7 Å². The molecule has 1 aromatic rings. The van der Waals surface area contributed by atoms with E-state index in [9.17, 15) is 4.79 Å². The summed E-state index contributed by atoms with van der Waals surface area (Å²) in [6, 6.07) is 1.40. The number of thiol groups is 1. The first-order valence-electron chi connectivity index (χ1n) is 4.46. The number of nitrogens with one attached hydrogen (secondary N) is 1. The third-order valence-corrected chi connectivity index (χ3v) is 3.13. The molecule has 0 aliphatic carbocycles. The fraction of sp³-hybridized carbons (Fsp3) is 0.444. The molecule has 1 heterocycles. The number of aryl methyl sites for hydroxylation is 1. The van der Waals surface area contributed by atoms with Gasteiger partial charge in [-0.15, -0.1) is 0 Å². The smallest absolute Gasteiger partial charge is 0.250 e. The Hall–Kier alpha value is -0.300. The van der Waals surface area contributed by atoms with Gasteiger partial charge in [0.25, 0.3) is 5.56 Å². The van der Waals surface area contributed by atoms with Crippen LogP contribution >= 0.6 is 28.7 Å². The first-order chi connectivity index (χ1) is 7.10. The summed E-state index contributed by atoms with van der Waals surface area (Å²) in [5.74, 6) is 0. The molecule has 0 radical (unpaired) electrons. The minimum Gasteiger partial charge on any atom is -0.396 e. The van der Waals surface area contributed by atoms with Crippen LogP contribution in [-0.2, 0) is 7.05 Å². The second kappa shape index (κ2) is 5.69. The van der Waals surface area contributed by atoms with Gasteiger partial charge in [0.2, 0.25) is 0 Å². The Labute approximate surface area is 102 Å². The van der Waals surface area contributed by atoms with Gasteiger partial charge in [-0.05, 0) is 27.9 Å². The van der Waals surface area contributed by atoms with E-state index < -0.39 is 0 Å². The molecular formula is C9H13BrN2O2S. The van der Waals surface area contributed by atoms with Gasteiger partial charge < -0.3 is 9.67 Å². The SMILES string of the molecule is Cn1cc(Br)c(C(CCO)NS)cc1=O. The monoisotopic (exact) mass is 292 g/mol. The van der Waals surface area contributed by atoms with Gasteiger partial charge in [0.15, 0.2) is 0 Å². The van der Waals surface area contributed by atoms with Crippen LogP contribution in [0.3, 0.4) is 0 Å². The third kappa shape index (κ3) is 3.07. The molecule has 0 bridgehead atoms. The maximum atomic E-state index is 11.4. The first-order valence-corrected chi connectivity index (χ1v) is 5.70. The Morgan fingerprint density at radius 3 is 2.93 bits per heavy atom. The van der Waals surface area contributed by atoms with E-state index in [0.29, 0.717) is 6.42 Å². The molecule has 0 spiro atoms. The van der Waals surface area contributed by atoms with Crippen molar-refractivity contribution >= 4 is 28.7 Å². The molecule has 2 N–H and O–H groups in total. The van der Waals surface area contributed by atoms with Crippen LogP contribution in [0.25, 0.3) is 0 Å². The lowest BCUT2D eigenvalue weighted by Gasteiger charge is -2.16. The molecule has 0 fully saturated rings. The number of nitrogens with zero attached hydrogens (tertiary/aromatic N) is 1. The molecule has 84 valence electrons. The van der Waals surface area contributed by atoms with Crippen LogP contribution in [0, 0.1) is 0 Å². The van der Waals surface area contributed by atoms with Crippen molar-refractivity contribution < 1.29 is 5.11 Å². The zero-order valence-electron chi connectivity index (χ0n) is 8.27. The zero-order valence-corrected chi connectivity index (χ0v) is 10.8. The number of aliphatic hydroxyl groups excluding tert-OH is 1. The Balaban J connectivity index is 3.12. The Morgan fingerprint density at radius 1 is 1.73 bits per heavy atom. The molecule has 15 heavy (non-hydrogen) atoms. The largest absolute Gasteiger partial charge is 0.396 e. The minimum absolute atomic E-state index is 0.0415. The lowest BCUT2D eigenvalue weighted by Crippen LogP contribution is -2.21. The molecule has 6 heteroatoms. The summed E-state index contributed by atoms with van der Waals surface area (Å²) in [5, 5.41) is 8.87. The van der Waals surface area contributed by atoms with Crippen molar-refractivity contribution in [1.29, 1.82) is 0 Å². The fourth-order valence-corrected chi connectivity index (χ4v) is 2.26. The standard InChI is InChI=1S/C9H13BrN2O2S/c1-12-5-7(10)6(4-9(12)14)8(11-15)2-3-13/h4-5,8,11,13,15H,2-3H2,1H3. The van der Waals surface area contributed by atoms with Crippen molar-refractivity contribution in [3.8, 4) is 0 Å². The predicted octanol–water partition coefficient (Wildman–Crippen LogP) is 1.01. The number of aliphatic hydroxyl groups is 1. The summed E-state index contributed by atoms with van der Waals surface area (Å²) >= 11 is 7.35. The average Bonchev–Trinajstić information content (AvgIpc) is 2.20. The minimum atomic E-state index is -0.137. The van der Waals surface area contributed by atoms with Crippen LogP contribution < -0.4 is 10.3 Å². The highest BCUT2D eigenvalue weighted by molar-refractivity contribution is 9.10. The molecule has 0 aromatic carbocycles. The molecule has 0 saturated heterocycles. The molecule has 0 aliphatic heterocycles. The maximum Gasteiger partial charge on any atom is 0.250 e. The zero-order chi connectivity index (χ0) is 11.4. The van der Waals surface area contributed by atoms with E-state index >= 15 is 0 Å². The molecule has 1 unspecified atom stereocenters. The molecule has 1 rings (SSSR count). The molecule has 0 amide bonds. The van der Waals surface area contributed by atoms with Crippen molar-refractivity contribution in [3.63, 3.8) is 0 Å². The normalized spacial score (nSPS) is 12.8. The Bertz CT molecular complexity index is 394. The third-order valence-electron chi connectivity index (χ3n) is 2.16. The number of halogens is 1. The summed E-state index contributed by atoms with van der Waals surface area (Å²) in [6.45, 7) is 0.0415. The lowest BCUT2D eigenvalue weighted by molar-refractivity contribution is 0.273. The summed E-state index contributed by atoms with van der Waals surface area (Å²) < 4.78 is 5.07. The van der Waals surface area contributed by atoms with E-state index in [1.807, 2.05) is 0 Å². The van der Waals surface area contributed by atoms with Gasteiger partial charge >= 0.3 is 0 Å². The van der Waals surface area contributed by atoms with E-state index in [1.54, 1.807) is 13.2 Å². The van der Waals surface area contributed by atoms with Gasteiger partial charge in [-0.2, -0.15) is 0 Å². The quantitative estimate of drug-likeness (QED) is 0.726. The van der Waals surface area contributed by atoms with E-state index in [1.165, 1.54) is 10.6 Å². The van der Waals surface area contributed by atoms with E-state index in [0.717, 1.165) is 10.0 Å². The maximum absolute atomic E-state index is 11.4. The number of hydrogen-bond acceptors (Lipinski definition) is 4. The van der Waals surface area contributed by atoms with Crippen LogP contribution in [0.4, 0.5) is 0 Å². The average molecular weight is 293 g/mol. The highest BCUT2D eigenvalue weighted by Crippen LogP contribution is 2.24. The Morgan fingerprint density at radius 2 is 2.40 bits per heavy atom. The van der Waals surface area contributed by atoms with Crippen molar-refractivity contribution in [2.45, 2.75) is 12.5 Å². The number of hydrogen-bond donors (Lipinski definition) is 3.